The molecule has 0 bridgehead atoms. The summed E-state index contributed by atoms with van der Waals surface area (Å²) in [5, 5.41) is 1.91. The van der Waals surface area contributed by atoms with Crippen molar-refractivity contribution in [1.82, 2.24) is 4.57 Å². The molecule has 9 heteroatoms. The number of rotatable bonds is 7. The standard InChI is InChI=1S/C28H23FN2O4S2/c1-3-34-27(33)24-17(2)30-28-31(25(24)22-13-8-14-36-22)26(32)23(37-28)15-18-9-5-7-12-21(18)35-16-19-10-4-6-11-20(19)29/h4-15,25H,3,16H2,1-2H3/b23-15-/t25-/m1/s1. The van der Waals surface area contributed by atoms with E-state index < -0.39 is 12.0 Å². The largest absolute Gasteiger partial charge is 0.488 e. The van der Waals surface area contributed by atoms with Crippen LogP contribution in [0.1, 0.15) is 35.9 Å². The predicted octanol–water partition coefficient (Wildman–Crippen LogP) is 4.58. The summed E-state index contributed by atoms with van der Waals surface area (Å²) >= 11 is 2.71. The summed E-state index contributed by atoms with van der Waals surface area (Å²) in [6.45, 7) is 3.78. The lowest BCUT2D eigenvalue weighted by Gasteiger charge is -2.23. The Morgan fingerprint density at radius 1 is 1.14 bits per heavy atom. The number of allylic oxidation sites excluding steroid dienone is 1. The SMILES string of the molecule is CCOC(=O)C1=C(C)N=c2s/c(=C\c3ccccc3OCc3ccccc3F)c(=O)n2[C@@H]1c1cccs1. The van der Waals surface area contributed by atoms with Gasteiger partial charge in [-0.1, -0.05) is 53.8 Å². The molecule has 0 unspecified atom stereocenters. The van der Waals surface area contributed by atoms with E-state index in [1.165, 1.54) is 28.7 Å². The second-order valence-electron chi connectivity index (χ2n) is 8.24. The third-order valence-corrected chi connectivity index (χ3v) is 7.78. The number of thiazole rings is 1. The normalized spacial score (nSPS) is 15.3. The van der Waals surface area contributed by atoms with E-state index in [1.807, 2.05) is 35.7 Å². The maximum Gasteiger partial charge on any atom is 0.338 e. The van der Waals surface area contributed by atoms with Crippen molar-refractivity contribution < 1.29 is 18.7 Å². The van der Waals surface area contributed by atoms with Gasteiger partial charge in [-0.25, -0.2) is 14.2 Å². The quantitative estimate of drug-likeness (QED) is 0.326. The summed E-state index contributed by atoms with van der Waals surface area (Å²) < 4.78 is 27.3. The number of nitrogens with zero attached hydrogens (tertiary/aromatic N) is 2. The fourth-order valence-corrected chi connectivity index (χ4v) is 6.01. The molecule has 188 valence electrons. The second-order valence-corrected chi connectivity index (χ2v) is 10.2. The molecule has 0 saturated carbocycles. The van der Waals surface area contributed by atoms with Gasteiger partial charge in [0, 0.05) is 16.0 Å². The molecule has 2 aromatic heterocycles. The molecule has 6 nitrogen and oxygen atoms in total. The molecule has 0 amide bonds. The predicted molar refractivity (Wildman–Crippen MR) is 142 cm³/mol. The van der Waals surface area contributed by atoms with E-state index in [-0.39, 0.29) is 24.6 Å². The van der Waals surface area contributed by atoms with Gasteiger partial charge in [-0.2, -0.15) is 0 Å². The van der Waals surface area contributed by atoms with Crippen molar-refractivity contribution in [2.24, 2.45) is 4.99 Å². The van der Waals surface area contributed by atoms with E-state index in [0.29, 0.717) is 37.5 Å². The minimum absolute atomic E-state index is 0.0548. The maximum atomic E-state index is 14.1. The fraction of sp³-hybridized carbons (Fsp3) is 0.179. The summed E-state index contributed by atoms with van der Waals surface area (Å²) in [6.07, 6.45) is 1.75. The minimum atomic E-state index is -0.620. The lowest BCUT2D eigenvalue weighted by molar-refractivity contribution is -0.139. The Kier molecular flexibility index (Phi) is 7.16. The number of aromatic nitrogens is 1. The highest BCUT2D eigenvalue weighted by Gasteiger charge is 2.33. The number of carbonyl (C=O) groups excluding carboxylic acids is 1. The summed E-state index contributed by atoms with van der Waals surface area (Å²) in [5.41, 5.74) is 1.74. The first-order valence-electron chi connectivity index (χ1n) is 11.7. The van der Waals surface area contributed by atoms with Gasteiger partial charge in [-0.3, -0.25) is 9.36 Å². The molecule has 1 atom stereocenters. The average Bonchev–Trinajstić information content (AvgIpc) is 3.52. The molecular weight excluding hydrogens is 511 g/mol. The first-order chi connectivity index (χ1) is 18.0. The van der Waals surface area contributed by atoms with Crippen molar-refractivity contribution in [3.05, 3.63) is 119 Å². The lowest BCUT2D eigenvalue weighted by Crippen LogP contribution is -2.39. The third-order valence-electron chi connectivity index (χ3n) is 5.88. The van der Waals surface area contributed by atoms with Crippen molar-refractivity contribution in [1.29, 1.82) is 0 Å². The summed E-state index contributed by atoms with van der Waals surface area (Å²) in [7, 11) is 0. The van der Waals surface area contributed by atoms with Crippen LogP contribution in [0.4, 0.5) is 4.39 Å². The molecule has 0 aliphatic carbocycles. The highest BCUT2D eigenvalue weighted by Crippen LogP contribution is 2.33. The van der Waals surface area contributed by atoms with Crippen LogP contribution in [0.2, 0.25) is 0 Å². The van der Waals surface area contributed by atoms with Crippen molar-refractivity contribution in [2.45, 2.75) is 26.5 Å². The number of hydrogen-bond donors (Lipinski definition) is 0. The summed E-state index contributed by atoms with van der Waals surface area (Å²) in [5.74, 6) is -0.298. The molecule has 0 spiro atoms. The van der Waals surface area contributed by atoms with E-state index >= 15 is 0 Å². The number of ether oxygens (including phenoxy) is 2. The first-order valence-corrected chi connectivity index (χ1v) is 13.4. The second kappa shape index (κ2) is 10.7. The van der Waals surface area contributed by atoms with Crippen LogP contribution in [-0.4, -0.2) is 17.1 Å². The van der Waals surface area contributed by atoms with Crippen LogP contribution in [0.15, 0.2) is 87.1 Å². The molecule has 0 saturated heterocycles. The number of esters is 1. The first kappa shape index (κ1) is 24.9. The zero-order valence-electron chi connectivity index (χ0n) is 20.1. The lowest BCUT2D eigenvalue weighted by atomic mass is 10.0. The van der Waals surface area contributed by atoms with Crippen molar-refractivity contribution in [2.75, 3.05) is 6.61 Å². The molecule has 5 rings (SSSR count). The Morgan fingerprint density at radius 2 is 1.92 bits per heavy atom. The van der Waals surface area contributed by atoms with E-state index in [2.05, 4.69) is 4.99 Å². The minimum Gasteiger partial charge on any atom is -0.488 e. The van der Waals surface area contributed by atoms with Gasteiger partial charge in [0.15, 0.2) is 4.80 Å². The summed E-state index contributed by atoms with van der Waals surface area (Å²) in [4.78, 5) is 32.5. The Labute approximate surface area is 220 Å². The van der Waals surface area contributed by atoms with Gasteiger partial charge in [0.25, 0.3) is 5.56 Å². The molecule has 0 fully saturated rings. The van der Waals surface area contributed by atoms with Gasteiger partial charge in [-0.05, 0) is 43.5 Å². The summed E-state index contributed by atoms with van der Waals surface area (Å²) in [6, 6.07) is 16.9. The topological polar surface area (TPSA) is 69.9 Å². The number of halogens is 1. The average molecular weight is 535 g/mol. The van der Waals surface area contributed by atoms with Crippen molar-refractivity contribution in [3.8, 4) is 5.75 Å². The highest BCUT2D eigenvalue weighted by molar-refractivity contribution is 7.10. The number of carbonyl (C=O) groups is 1. The smallest absolute Gasteiger partial charge is 0.338 e. The Bertz CT molecular complexity index is 1670. The molecule has 0 N–H and O–H groups in total. The molecule has 37 heavy (non-hydrogen) atoms. The van der Waals surface area contributed by atoms with Crippen LogP contribution in [0.3, 0.4) is 0 Å². The molecule has 4 aromatic rings. The van der Waals surface area contributed by atoms with Crippen LogP contribution in [0.5, 0.6) is 5.75 Å². The fourth-order valence-electron chi connectivity index (χ4n) is 4.15. The van der Waals surface area contributed by atoms with Crippen LogP contribution in [-0.2, 0) is 16.1 Å². The molecular formula is C28H23FN2O4S2. The van der Waals surface area contributed by atoms with E-state index in [0.717, 1.165) is 4.88 Å². The van der Waals surface area contributed by atoms with E-state index in [9.17, 15) is 14.0 Å². The number of thiophene rings is 1. The van der Waals surface area contributed by atoms with Gasteiger partial charge >= 0.3 is 5.97 Å². The van der Waals surface area contributed by atoms with Crippen LogP contribution in [0.25, 0.3) is 6.08 Å². The maximum absolute atomic E-state index is 14.1. The van der Waals surface area contributed by atoms with Crippen LogP contribution >= 0.6 is 22.7 Å². The zero-order valence-corrected chi connectivity index (χ0v) is 21.8. The molecule has 2 aromatic carbocycles. The van der Waals surface area contributed by atoms with Gasteiger partial charge in [0.2, 0.25) is 0 Å². The van der Waals surface area contributed by atoms with Crippen molar-refractivity contribution in [3.63, 3.8) is 0 Å². The van der Waals surface area contributed by atoms with Crippen LogP contribution < -0.4 is 19.6 Å². The van der Waals surface area contributed by atoms with Crippen molar-refractivity contribution >= 4 is 34.7 Å². The molecule has 3 heterocycles. The number of para-hydroxylation sites is 1. The molecule has 0 radical (unpaired) electrons. The van der Waals surface area contributed by atoms with Gasteiger partial charge in [0.05, 0.1) is 22.4 Å². The number of benzene rings is 2. The molecule has 1 aliphatic rings. The van der Waals surface area contributed by atoms with Gasteiger partial charge < -0.3 is 9.47 Å². The molecule has 1 aliphatic heterocycles. The van der Waals surface area contributed by atoms with Gasteiger partial charge in [-0.15, -0.1) is 11.3 Å². The third kappa shape index (κ3) is 4.92. The number of hydrogen-bond acceptors (Lipinski definition) is 7. The van der Waals surface area contributed by atoms with E-state index in [1.54, 1.807) is 48.8 Å². The highest BCUT2D eigenvalue weighted by atomic mass is 32.1. The Morgan fingerprint density at radius 3 is 2.68 bits per heavy atom. The monoisotopic (exact) mass is 534 g/mol. The zero-order chi connectivity index (χ0) is 25.9. The van der Waals surface area contributed by atoms with Gasteiger partial charge in [0.1, 0.15) is 24.2 Å². The Balaban J connectivity index is 1.58. The number of fused-ring (bicyclic) bond motifs is 1. The Hall–Kier alpha value is -3.82. The van der Waals surface area contributed by atoms with Crippen LogP contribution in [0, 0.1) is 5.82 Å². The van der Waals surface area contributed by atoms with E-state index in [4.69, 9.17) is 9.47 Å².